The molecule has 1 aliphatic rings. The second kappa shape index (κ2) is 11.0. The SMILES string of the molecule is C/C=C(\CO)COc1c([C@H]2[C@H](C(=O)Nc3ccnc(C(N)=O)c3)O[C@@](C)(C(F)(F)F)[C@H]2C)ccc(F)c1F. The summed E-state index contributed by atoms with van der Waals surface area (Å²) in [4.78, 5) is 28.4. The molecule has 0 saturated carbocycles. The van der Waals surface area contributed by atoms with Crippen molar-refractivity contribution in [1.29, 1.82) is 0 Å². The molecule has 0 spiro atoms. The van der Waals surface area contributed by atoms with Crippen LogP contribution in [0.1, 0.15) is 42.7 Å². The number of benzene rings is 1. The number of aliphatic hydroxyl groups is 1. The molecule has 0 aliphatic carbocycles. The summed E-state index contributed by atoms with van der Waals surface area (Å²) in [5.41, 5.74) is 2.19. The van der Waals surface area contributed by atoms with Gasteiger partial charge in [-0.2, -0.15) is 17.6 Å². The third-order valence-corrected chi connectivity index (χ3v) is 6.66. The van der Waals surface area contributed by atoms with Crippen LogP contribution in [0.2, 0.25) is 0 Å². The molecule has 2 heterocycles. The fraction of sp³-hybridized carbons (Fsp3) is 0.400. The number of ether oxygens (including phenoxy) is 2. The Morgan fingerprint density at radius 3 is 2.55 bits per heavy atom. The van der Waals surface area contributed by atoms with Crippen LogP contribution in [0, 0.1) is 17.6 Å². The van der Waals surface area contributed by atoms with E-state index in [2.05, 4.69) is 10.3 Å². The second-order valence-corrected chi connectivity index (χ2v) is 8.91. The summed E-state index contributed by atoms with van der Waals surface area (Å²) in [6.07, 6.45) is -4.14. The number of carbonyl (C=O) groups is 2. The van der Waals surface area contributed by atoms with Crippen molar-refractivity contribution in [3.8, 4) is 5.75 Å². The summed E-state index contributed by atoms with van der Waals surface area (Å²) in [5, 5.41) is 11.7. The summed E-state index contributed by atoms with van der Waals surface area (Å²) < 4.78 is 82.3. The Balaban J connectivity index is 2.09. The van der Waals surface area contributed by atoms with Crippen LogP contribution >= 0.6 is 0 Å². The van der Waals surface area contributed by atoms with E-state index in [0.29, 0.717) is 11.6 Å². The van der Waals surface area contributed by atoms with Gasteiger partial charge in [-0.3, -0.25) is 14.6 Å². The number of halogens is 5. The van der Waals surface area contributed by atoms with Crippen molar-refractivity contribution < 1.29 is 46.1 Å². The monoisotopic (exact) mass is 543 g/mol. The molecule has 2 aromatic rings. The number of aliphatic hydroxyl groups excluding tert-OH is 1. The van der Waals surface area contributed by atoms with E-state index in [4.69, 9.17) is 15.2 Å². The molecule has 206 valence electrons. The standard InChI is InChI=1S/C25H26F5N3O5/c1-4-13(10-34)11-37-20-15(5-6-16(26)19(20)27)18-12(2)24(3,25(28,29)30)38-21(18)23(36)33-14-7-8-32-17(9-14)22(31)35/h4-9,12,18,21,34H,10-11H2,1-3H3,(H2,31,35)(H,32,33,36)/b13-4+/t12-,18-,21+,24+/m0/s1. The molecule has 1 aliphatic heterocycles. The number of carbonyl (C=O) groups excluding carboxylic acids is 2. The maximum atomic E-state index is 14.9. The number of aromatic nitrogens is 1. The molecule has 1 aromatic carbocycles. The zero-order valence-corrected chi connectivity index (χ0v) is 20.6. The fourth-order valence-corrected chi connectivity index (χ4v) is 4.22. The molecule has 1 saturated heterocycles. The van der Waals surface area contributed by atoms with Crippen molar-refractivity contribution >= 4 is 17.5 Å². The summed E-state index contributed by atoms with van der Waals surface area (Å²) in [5.74, 6) is -8.37. The number of nitrogens with one attached hydrogen (secondary N) is 1. The number of hydrogen-bond acceptors (Lipinski definition) is 6. The Labute approximate surface area is 214 Å². The van der Waals surface area contributed by atoms with Crippen LogP contribution in [0.4, 0.5) is 27.6 Å². The molecular formula is C25H26F5N3O5. The molecule has 4 N–H and O–H groups in total. The number of rotatable bonds is 8. The minimum atomic E-state index is -4.94. The molecule has 1 fully saturated rings. The molecule has 2 amide bonds. The van der Waals surface area contributed by atoms with Gasteiger partial charge in [-0.15, -0.1) is 0 Å². The Hall–Kier alpha value is -3.58. The zero-order chi connectivity index (χ0) is 28.4. The number of hydrogen-bond donors (Lipinski definition) is 3. The van der Waals surface area contributed by atoms with Crippen LogP contribution in [0.15, 0.2) is 42.1 Å². The molecular weight excluding hydrogens is 517 g/mol. The lowest BCUT2D eigenvalue weighted by atomic mass is 9.77. The number of pyridine rings is 1. The Morgan fingerprint density at radius 1 is 1.29 bits per heavy atom. The highest BCUT2D eigenvalue weighted by Gasteiger charge is 2.66. The van der Waals surface area contributed by atoms with Crippen LogP contribution in [0.3, 0.4) is 0 Å². The highest BCUT2D eigenvalue weighted by atomic mass is 19.4. The predicted molar refractivity (Wildman–Crippen MR) is 125 cm³/mol. The van der Waals surface area contributed by atoms with E-state index in [1.165, 1.54) is 19.1 Å². The number of amides is 2. The highest BCUT2D eigenvalue weighted by Crippen LogP contribution is 2.55. The molecule has 1 aromatic heterocycles. The van der Waals surface area contributed by atoms with Crippen LogP contribution in [0.5, 0.6) is 5.75 Å². The normalized spacial score (nSPS) is 23.8. The maximum absolute atomic E-state index is 14.9. The number of nitrogens with zero attached hydrogens (tertiary/aromatic N) is 1. The summed E-state index contributed by atoms with van der Waals surface area (Å²) in [6, 6.07) is 4.15. The Morgan fingerprint density at radius 2 is 1.97 bits per heavy atom. The fourth-order valence-electron chi connectivity index (χ4n) is 4.22. The Kier molecular flexibility index (Phi) is 8.42. The lowest BCUT2D eigenvalue weighted by Gasteiger charge is -2.32. The summed E-state index contributed by atoms with van der Waals surface area (Å²) in [6.45, 7) is 2.67. The van der Waals surface area contributed by atoms with Gasteiger partial charge >= 0.3 is 6.18 Å². The molecule has 3 rings (SSSR count). The zero-order valence-electron chi connectivity index (χ0n) is 20.6. The lowest BCUT2D eigenvalue weighted by Crippen LogP contribution is -2.47. The topological polar surface area (TPSA) is 124 Å². The third-order valence-electron chi connectivity index (χ3n) is 6.66. The van der Waals surface area contributed by atoms with E-state index in [1.807, 2.05) is 0 Å². The third kappa shape index (κ3) is 5.48. The average Bonchev–Trinajstić information content (AvgIpc) is 3.14. The Bertz CT molecular complexity index is 1250. The number of nitrogens with two attached hydrogens (primary N) is 1. The number of anilines is 1. The molecule has 8 nitrogen and oxygen atoms in total. The lowest BCUT2D eigenvalue weighted by molar-refractivity contribution is -0.272. The van der Waals surface area contributed by atoms with E-state index in [-0.39, 0.29) is 23.6 Å². The van der Waals surface area contributed by atoms with E-state index >= 15 is 0 Å². The van der Waals surface area contributed by atoms with Gasteiger partial charge in [0.25, 0.3) is 11.8 Å². The second-order valence-electron chi connectivity index (χ2n) is 8.91. The first-order valence-electron chi connectivity index (χ1n) is 11.4. The van der Waals surface area contributed by atoms with E-state index in [1.54, 1.807) is 6.92 Å². The minimum absolute atomic E-state index is 0.00292. The van der Waals surface area contributed by atoms with Crippen LogP contribution in [-0.4, -0.2) is 53.0 Å². The van der Waals surface area contributed by atoms with Gasteiger partial charge in [0.2, 0.25) is 5.82 Å². The van der Waals surface area contributed by atoms with Crippen molar-refractivity contribution in [1.82, 2.24) is 4.98 Å². The smallest absolute Gasteiger partial charge is 0.417 e. The van der Waals surface area contributed by atoms with Gasteiger partial charge in [-0.1, -0.05) is 19.1 Å². The molecule has 0 bridgehead atoms. The van der Waals surface area contributed by atoms with Crippen molar-refractivity contribution in [3.05, 3.63) is 65.0 Å². The molecule has 4 atom stereocenters. The van der Waals surface area contributed by atoms with Crippen molar-refractivity contribution in [3.63, 3.8) is 0 Å². The number of alkyl halides is 3. The van der Waals surface area contributed by atoms with Crippen LogP contribution in [-0.2, 0) is 9.53 Å². The van der Waals surface area contributed by atoms with Gasteiger partial charge in [0.05, 0.1) is 6.61 Å². The summed E-state index contributed by atoms with van der Waals surface area (Å²) in [7, 11) is 0. The quantitative estimate of drug-likeness (QED) is 0.343. The van der Waals surface area contributed by atoms with Gasteiger partial charge in [0.1, 0.15) is 18.4 Å². The van der Waals surface area contributed by atoms with Crippen molar-refractivity contribution in [2.45, 2.75) is 44.6 Å². The molecule has 38 heavy (non-hydrogen) atoms. The first kappa shape index (κ1) is 29.0. The van der Waals surface area contributed by atoms with Gasteiger partial charge < -0.3 is 25.6 Å². The highest BCUT2D eigenvalue weighted by molar-refractivity contribution is 5.97. The summed E-state index contributed by atoms with van der Waals surface area (Å²) >= 11 is 0. The van der Waals surface area contributed by atoms with Gasteiger partial charge in [0, 0.05) is 29.3 Å². The average molecular weight is 543 g/mol. The first-order valence-corrected chi connectivity index (χ1v) is 11.4. The van der Waals surface area contributed by atoms with Crippen LogP contribution in [0.25, 0.3) is 0 Å². The molecule has 13 heteroatoms. The maximum Gasteiger partial charge on any atom is 0.417 e. The van der Waals surface area contributed by atoms with E-state index < -0.39 is 65.5 Å². The minimum Gasteiger partial charge on any atom is -0.486 e. The van der Waals surface area contributed by atoms with E-state index in [0.717, 1.165) is 25.3 Å². The number of primary amides is 1. The largest absolute Gasteiger partial charge is 0.486 e. The van der Waals surface area contributed by atoms with Gasteiger partial charge in [-0.25, -0.2) is 4.39 Å². The van der Waals surface area contributed by atoms with Crippen molar-refractivity contribution in [2.75, 3.05) is 18.5 Å². The first-order chi connectivity index (χ1) is 17.7. The molecule has 0 radical (unpaired) electrons. The van der Waals surface area contributed by atoms with Gasteiger partial charge in [-0.05, 0) is 37.6 Å². The predicted octanol–water partition coefficient (Wildman–Crippen LogP) is 3.85. The van der Waals surface area contributed by atoms with E-state index in [9.17, 15) is 36.6 Å². The number of allylic oxidation sites excluding steroid dienone is 1. The van der Waals surface area contributed by atoms with Crippen molar-refractivity contribution in [2.24, 2.45) is 11.7 Å². The molecule has 0 unspecified atom stereocenters. The van der Waals surface area contributed by atoms with Crippen LogP contribution < -0.4 is 15.8 Å². The van der Waals surface area contributed by atoms with Gasteiger partial charge in [0.15, 0.2) is 17.2 Å².